The number of carboxylic acids is 1. The Balaban J connectivity index is 1.74. The summed E-state index contributed by atoms with van der Waals surface area (Å²) >= 11 is 0. The molecule has 3 aromatic carbocycles. The molecule has 0 bridgehead atoms. The Morgan fingerprint density at radius 2 is 1.44 bits per heavy atom. The van der Waals surface area contributed by atoms with Crippen molar-refractivity contribution in [3.8, 4) is 0 Å². The van der Waals surface area contributed by atoms with E-state index in [1.807, 2.05) is 18.2 Å². The van der Waals surface area contributed by atoms with Crippen LogP contribution in [0.15, 0.2) is 78.9 Å². The minimum atomic E-state index is -0.893. The molecule has 138 valence electrons. The van der Waals surface area contributed by atoms with E-state index in [2.05, 4.69) is 60.4 Å². The zero-order chi connectivity index (χ0) is 19.1. The van der Waals surface area contributed by atoms with Crippen molar-refractivity contribution in [3.05, 3.63) is 101 Å². The van der Waals surface area contributed by atoms with E-state index >= 15 is 0 Å². The molecule has 0 unspecified atom stereocenters. The van der Waals surface area contributed by atoms with E-state index in [1.54, 1.807) is 12.1 Å². The van der Waals surface area contributed by atoms with E-state index in [0.29, 0.717) is 5.56 Å². The average Bonchev–Trinajstić information content (AvgIpc) is 2.72. The fourth-order valence-corrected chi connectivity index (χ4v) is 3.29. The molecule has 0 spiro atoms. The Morgan fingerprint density at radius 1 is 0.815 bits per heavy atom. The van der Waals surface area contributed by atoms with Crippen LogP contribution in [0.4, 0.5) is 5.69 Å². The van der Waals surface area contributed by atoms with E-state index in [-0.39, 0.29) is 0 Å². The first-order valence-corrected chi connectivity index (χ1v) is 9.36. The Labute approximate surface area is 160 Å². The molecule has 27 heavy (non-hydrogen) atoms. The van der Waals surface area contributed by atoms with Crippen LogP contribution in [0.3, 0.4) is 0 Å². The van der Waals surface area contributed by atoms with Crippen LogP contribution < -0.4 is 4.90 Å². The molecule has 0 aromatic heterocycles. The Kier molecular flexibility index (Phi) is 6.26. The SMILES string of the molecule is CCN(Cc1ccccc1CCc1ccccc1)c1ccc(C(=O)O)cc1. The maximum absolute atomic E-state index is 11.1. The van der Waals surface area contributed by atoms with Gasteiger partial charge in [-0.15, -0.1) is 0 Å². The highest BCUT2D eigenvalue weighted by atomic mass is 16.4. The van der Waals surface area contributed by atoms with E-state index in [0.717, 1.165) is 31.6 Å². The number of hydrogen-bond donors (Lipinski definition) is 1. The van der Waals surface area contributed by atoms with Gasteiger partial charge in [0.2, 0.25) is 0 Å². The molecule has 0 aliphatic heterocycles. The smallest absolute Gasteiger partial charge is 0.335 e. The molecular formula is C24H25NO2. The van der Waals surface area contributed by atoms with Gasteiger partial charge in [0.15, 0.2) is 0 Å². The summed E-state index contributed by atoms with van der Waals surface area (Å²) in [7, 11) is 0. The number of aromatic carboxylic acids is 1. The second-order valence-corrected chi connectivity index (χ2v) is 6.62. The second kappa shape index (κ2) is 9.04. The number of carbonyl (C=O) groups is 1. The molecule has 0 heterocycles. The van der Waals surface area contributed by atoms with Crippen LogP contribution in [0.5, 0.6) is 0 Å². The average molecular weight is 359 g/mol. The lowest BCUT2D eigenvalue weighted by molar-refractivity contribution is 0.0697. The first kappa shape index (κ1) is 18.7. The fourth-order valence-electron chi connectivity index (χ4n) is 3.29. The lowest BCUT2D eigenvalue weighted by atomic mass is 9.99. The third-order valence-electron chi connectivity index (χ3n) is 4.87. The summed E-state index contributed by atoms with van der Waals surface area (Å²) in [6.45, 7) is 3.80. The number of hydrogen-bond acceptors (Lipinski definition) is 2. The maximum Gasteiger partial charge on any atom is 0.335 e. The predicted octanol–water partition coefficient (Wildman–Crippen LogP) is 5.20. The van der Waals surface area contributed by atoms with Gasteiger partial charge in [-0.3, -0.25) is 0 Å². The molecule has 1 N–H and O–H groups in total. The van der Waals surface area contributed by atoms with E-state index in [1.165, 1.54) is 16.7 Å². The first-order valence-electron chi connectivity index (χ1n) is 9.36. The zero-order valence-electron chi connectivity index (χ0n) is 15.6. The number of aryl methyl sites for hydroxylation is 2. The molecule has 0 radical (unpaired) electrons. The highest BCUT2D eigenvalue weighted by molar-refractivity contribution is 5.88. The van der Waals surface area contributed by atoms with Gasteiger partial charge in [0.05, 0.1) is 5.56 Å². The van der Waals surface area contributed by atoms with Gasteiger partial charge in [-0.25, -0.2) is 4.79 Å². The minimum Gasteiger partial charge on any atom is -0.478 e. The minimum absolute atomic E-state index is 0.318. The summed E-state index contributed by atoms with van der Waals surface area (Å²) < 4.78 is 0. The Hall–Kier alpha value is -3.07. The van der Waals surface area contributed by atoms with Crippen molar-refractivity contribution in [3.63, 3.8) is 0 Å². The van der Waals surface area contributed by atoms with Crippen molar-refractivity contribution in [1.29, 1.82) is 0 Å². The van der Waals surface area contributed by atoms with Gasteiger partial charge >= 0.3 is 5.97 Å². The topological polar surface area (TPSA) is 40.5 Å². The van der Waals surface area contributed by atoms with Crippen LogP contribution in [-0.2, 0) is 19.4 Å². The van der Waals surface area contributed by atoms with Gasteiger partial charge in [-0.1, -0.05) is 54.6 Å². The van der Waals surface area contributed by atoms with E-state index in [4.69, 9.17) is 5.11 Å². The molecule has 3 rings (SSSR count). The van der Waals surface area contributed by atoms with Gasteiger partial charge in [0.25, 0.3) is 0 Å². The van der Waals surface area contributed by atoms with Gasteiger partial charge in [0, 0.05) is 18.8 Å². The number of nitrogens with zero attached hydrogens (tertiary/aromatic N) is 1. The van der Waals surface area contributed by atoms with Crippen LogP contribution in [0, 0.1) is 0 Å². The van der Waals surface area contributed by atoms with Crippen LogP contribution >= 0.6 is 0 Å². The molecule has 0 aliphatic carbocycles. The van der Waals surface area contributed by atoms with Crippen LogP contribution in [0.25, 0.3) is 0 Å². The molecule has 3 aromatic rings. The summed E-state index contributed by atoms with van der Waals surface area (Å²) in [5, 5.41) is 9.08. The van der Waals surface area contributed by atoms with Crippen LogP contribution in [0.1, 0.15) is 34.0 Å². The molecule has 3 nitrogen and oxygen atoms in total. The molecule has 0 fully saturated rings. The van der Waals surface area contributed by atoms with Crippen molar-refractivity contribution >= 4 is 11.7 Å². The van der Waals surface area contributed by atoms with Crippen molar-refractivity contribution < 1.29 is 9.90 Å². The van der Waals surface area contributed by atoms with Crippen LogP contribution in [-0.4, -0.2) is 17.6 Å². The second-order valence-electron chi connectivity index (χ2n) is 6.62. The molecule has 0 amide bonds. The molecule has 0 aliphatic rings. The lowest BCUT2D eigenvalue weighted by Crippen LogP contribution is -2.22. The quantitative estimate of drug-likeness (QED) is 0.601. The van der Waals surface area contributed by atoms with Gasteiger partial charge in [0.1, 0.15) is 0 Å². The maximum atomic E-state index is 11.1. The van der Waals surface area contributed by atoms with E-state index in [9.17, 15) is 4.79 Å². The Morgan fingerprint density at radius 3 is 2.07 bits per heavy atom. The predicted molar refractivity (Wildman–Crippen MR) is 110 cm³/mol. The van der Waals surface area contributed by atoms with Crippen molar-refractivity contribution in [1.82, 2.24) is 0 Å². The molecule has 0 saturated heterocycles. The third kappa shape index (κ3) is 4.98. The molecule has 3 heteroatoms. The van der Waals surface area contributed by atoms with E-state index < -0.39 is 5.97 Å². The zero-order valence-corrected chi connectivity index (χ0v) is 15.6. The highest BCUT2D eigenvalue weighted by Crippen LogP contribution is 2.21. The van der Waals surface area contributed by atoms with Gasteiger partial charge in [-0.05, 0) is 60.7 Å². The Bertz CT molecular complexity index is 872. The lowest BCUT2D eigenvalue weighted by Gasteiger charge is -2.25. The van der Waals surface area contributed by atoms with Crippen molar-refractivity contribution in [2.45, 2.75) is 26.3 Å². The standard InChI is InChI=1S/C24H25NO2/c1-2-25(23-16-14-21(15-17-23)24(26)27)18-22-11-7-6-10-20(22)13-12-19-8-4-3-5-9-19/h3-11,14-17H,2,12-13,18H2,1H3,(H,26,27). The molecule has 0 atom stereocenters. The van der Waals surface area contributed by atoms with Gasteiger partial charge in [-0.2, -0.15) is 0 Å². The number of benzene rings is 3. The van der Waals surface area contributed by atoms with Crippen LogP contribution in [0.2, 0.25) is 0 Å². The largest absolute Gasteiger partial charge is 0.478 e. The number of anilines is 1. The number of carboxylic acid groups (broad SMARTS) is 1. The summed E-state index contributed by atoms with van der Waals surface area (Å²) in [6, 6.07) is 26.3. The summed E-state index contributed by atoms with van der Waals surface area (Å²) in [6.07, 6.45) is 2.03. The summed E-state index contributed by atoms with van der Waals surface area (Å²) in [4.78, 5) is 13.3. The van der Waals surface area contributed by atoms with Crippen molar-refractivity contribution in [2.75, 3.05) is 11.4 Å². The fraction of sp³-hybridized carbons (Fsp3) is 0.208. The van der Waals surface area contributed by atoms with Crippen molar-refractivity contribution in [2.24, 2.45) is 0 Å². The highest BCUT2D eigenvalue weighted by Gasteiger charge is 2.10. The van der Waals surface area contributed by atoms with Gasteiger partial charge < -0.3 is 10.0 Å². The number of rotatable bonds is 8. The third-order valence-corrected chi connectivity index (χ3v) is 4.87. The first-order chi connectivity index (χ1) is 13.2. The molecular weight excluding hydrogens is 334 g/mol. The summed E-state index contributed by atoms with van der Waals surface area (Å²) in [5.41, 5.74) is 5.39. The molecule has 0 saturated carbocycles. The monoisotopic (exact) mass is 359 g/mol. The summed E-state index contributed by atoms with van der Waals surface area (Å²) in [5.74, 6) is -0.893. The normalized spacial score (nSPS) is 10.6.